The van der Waals surface area contributed by atoms with Crippen molar-refractivity contribution in [2.75, 3.05) is 13.2 Å². The summed E-state index contributed by atoms with van der Waals surface area (Å²) in [6.45, 7) is 1.71. The van der Waals surface area contributed by atoms with E-state index in [2.05, 4.69) is 0 Å². The fraction of sp³-hybridized carbons (Fsp3) is 0.333. The number of esters is 1. The van der Waals surface area contributed by atoms with Crippen molar-refractivity contribution in [3.8, 4) is 5.75 Å². The highest BCUT2D eigenvalue weighted by Gasteiger charge is 2.55. The third kappa shape index (κ3) is 3.28. The van der Waals surface area contributed by atoms with Gasteiger partial charge in [0.05, 0.1) is 18.2 Å². The summed E-state index contributed by atoms with van der Waals surface area (Å²) in [6.07, 6.45) is -5.36. The average Bonchev–Trinajstić information content (AvgIpc) is 3.26. The van der Waals surface area contributed by atoms with E-state index >= 15 is 0 Å². The van der Waals surface area contributed by atoms with Gasteiger partial charge in [0, 0.05) is 17.7 Å². The number of halogens is 4. The minimum absolute atomic E-state index is 0.0242. The SMILES string of the molecule is CCOC(=O)[C@@H]1CN(C(=O)c2ccc(C(F)(F)F)cc2)[C@H]2c3cccc(F)c3O[C@@H]12. The zero-order valence-corrected chi connectivity index (χ0v) is 15.8. The number of likely N-dealkylation sites (tertiary alicyclic amines) is 1. The molecule has 0 bridgehead atoms. The van der Waals surface area contributed by atoms with Gasteiger partial charge in [-0.2, -0.15) is 13.2 Å². The molecule has 4 rings (SSSR count). The van der Waals surface area contributed by atoms with Gasteiger partial charge in [-0.25, -0.2) is 4.39 Å². The molecule has 3 atom stereocenters. The van der Waals surface area contributed by atoms with Crippen LogP contribution in [0.2, 0.25) is 0 Å². The van der Waals surface area contributed by atoms with Crippen LogP contribution in [0.15, 0.2) is 42.5 Å². The summed E-state index contributed by atoms with van der Waals surface area (Å²) in [7, 11) is 0. The van der Waals surface area contributed by atoms with E-state index in [9.17, 15) is 27.2 Å². The van der Waals surface area contributed by atoms with E-state index in [-0.39, 0.29) is 24.5 Å². The molecule has 0 radical (unpaired) electrons. The molecule has 0 saturated carbocycles. The highest BCUT2D eigenvalue weighted by Crippen LogP contribution is 2.49. The first kappa shape index (κ1) is 20.2. The number of hydrogen-bond donors (Lipinski definition) is 0. The van der Waals surface area contributed by atoms with E-state index in [4.69, 9.17) is 9.47 Å². The maximum atomic E-state index is 14.2. The summed E-state index contributed by atoms with van der Waals surface area (Å²) < 4.78 is 63.5. The van der Waals surface area contributed by atoms with Crippen LogP contribution in [0, 0.1) is 11.7 Å². The molecule has 2 aromatic carbocycles. The van der Waals surface area contributed by atoms with E-state index in [1.165, 1.54) is 17.0 Å². The van der Waals surface area contributed by atoms with Gasteiger partial charge in [-0.3, -0.25) is 9.59 Å². The molecule has 2 aliphatic rings. The number of amides is 1. The predicted molar refractivity (Wildman–Crippen MR) is 96.2 cm³/mol. The number of carbonyl (C=O) groups is 2. The van der Waals surface area contributed by atoms with Crippen LogP contribution in [0.4, 0.5) is 17.6 Å². The van der Waals surface area contributed by atoms with E-state index in [1.54, 1.807) is 13.0 Å². The smallest absolute Gasteiger partial charge is 0.416 e. The third-order valence-electron chi connectivity index (χ3n) is 5.32. The van der Waals surface area contributed by atoms with E-state index in [0.29, 0.717) is 5.56 Å². The zero-order chi connectivity index (χ0) is 21.6. The highest BCUT2D eigenvalue weighted by molar-refractivity contribution is 5.95. The molecule has 2 aromatic rings. The Morgan fingerprint density at radius 2 is 1.87 bits per heavy atom. The van der Waals surface area contributed by atoms with Crippen molar-refractivity contribution < 1.29 is 36.6 Å². The fourth-order valence-corrected chi connectivity index (χ4v) is 3.97. The van der Waals surface area contributed by atoms with Crippen LogP contribution in [0.5, 0.6) is 5.75 Å². The number of para-hydroxylation sites is 1. The second-order valence-electron chi connectivity index (χ2n) is 7.08. The number of carbonyl (C=O) groups excluding carboxylic acids is 2. The summed E-state index contributed by atoms with van der Waals surface area (Å²) in [5, 5.41) is 0. The summed E-state index contributed by atoms with van der Waals surface area (Å²) >= 11 is 0. The molecule has 30 heavy (non-hydrogen) atoms. The van der Waals surface area contributed by atoms with Gasteiger partial charge in [-0.15, -0.1) is 0 Å². The lowest BCUT2D eigenvalue weighted by Gasteiger charge is -2.23. The number of ether oxygens (including phenoxy) is 2. The standard InChI is InChI=1S/C21H17F4NO4/c1-2-29-20(28)14-10-26(16-13-4-3-5-15(22)17(13)30-18(14)16)19(27)11-6-8-12(9-7-11)21(23,24)25/h3-9,14,16,18H,2,10H2,1H3/t14-,16+,18+/m1/s1. The summed E-state index contributed by atoms with van der Waals surface area (Å²) in [5.41, 5.74) is -0.442. The molecular formula is C21H17F4NO4. The molecule has 0 unspecified atom stereocenters. The number of hydrogen-bond acceptors (Lipinski definition) is 4. The van der Waals surface area contributed by atoms with Crippen LogP contribution in [0.1, 0.15) is 34.5 Å². The molecule has 0 aromatic heterocycles. The largest absolute Gasteiger partial charge is 0.483 e. The summed E-state index contributed by atoms with van der Waals surface area (Å²) in [5.74, 6) is -2.66. The average molecular weight is 423 g/mol. The van der Waals surface area contributed by atoms with E-state index < -0.39 is 47.5 Å². The molecule has 1 fully saturated rings. The lowest BCUT2D eigenvalue weighted by atomic mass is 9.98. The lowest BCUT2D eigenvalue weighted by Crippen LogP contribution is -2.32. The maximum absolute atomic E-state index is 14.2. The van der Waals surface area contributed by atoms with Crippen molar-refractivity contribution in [1.82, 2.24) is 4.90 Å². The minimum atomic E-state index is -4.52. The first-order valence-corrected chi connectivity index (χ1v) is 9.32. The van der Waals surface area contributed by atoms with Gasteiger partial charge in [0.25, 0.3) is 5.91 Å². The number of alkyl halides is 3. The molecule has 9 heteroatoms. The number of rotatable bonds is 3. The van der Waals surface area contributed by atoms with Gasteiger partial charge in [-0.1, -0.05) is 12.1 Å². The molecule has 0 aliphatic carbocycles. The Morgan fingerprint density at radius 3 is 2.50 bits per heavy atom. The third-order valence-corrected chi connectivity index (χ3v) is 5.32. The highest BCUT2D eigenvalue weighted by atomic mass is 19.4. The van der Waals surface area contributed by atoms with E-state index in [0.717, 1.165) is 24.3 Å². The summed E-state index contributed by atoms with van der Waals surface area (Å²) in [6, 6.07) is 7.34. The second kappa shape index (κ2) is 7.30. The first-order valence-electron chi connectivity index (χ1n) is 9.32. The zero-order valence-electron chi connectivity index (χ0n) is 15.8. The maximum Gasteiger partial charge on any atom is 0.416 e. The molecule has 1 saturated heterocycles. The Hall–Kier alpha value is -3.10. The predicted octanol–water partition coefficient (Wildman–Crippen LogP) is 3.98. The van der Waals surface area contributed by atoms with Gasteiger partial charge in [0.15, 0.2) is 11.6 Å². The Kier molecular flexibility index (Phi) is 4.91. The molecule has 1 amide bonds. The Morgan fingerprint density at radius 1 is 1.17 bits per heavy atom. The number of fused-ring (bicyclic) bond motifs is 3. The van der Waals surface area contributed by atoms with Crippen molar-refractivity contribution in [2.24, 2.45) is 5.92 Å². The topological polar surface area (TPSA) is 55.8 Å². The Labute approximate surface area is 169 Å². The molecule has 2 heterocycles. The molecule has 2 aliphatic heterocycles. The van der Waals surface area contributed by atoms with Crippen LogP contribution >= 0.6 is 0 Å². The molecule has 158 valence electrons. The van der Waals surface area contributed by atoms with Gasteiger partial charge >= 0.3 is 12.1 Å². The van der Waals surface area contributed by atoms with Crippen molar-refractivity contribution >= 4 is 11.9 Å². The first-order chi connectivity index (χ1) is 14.2. The molecule has 0 N–H and O–H groups in total. The molecule has 5 nitrogen and oxygen atoms in total. The van der Waals surface area contributed by atoms with Crippen LogP contribution in [-0.2, 0) is 15.7 Å². The van der Waals surface area contributed by atoms with Gasteiger partial charge in [-0.05, 0) is 37.3 Å². The van der Waals surface area contributed by atoms with Crippen molar-refractivity contribution in [3.05, 3.63) is 65.0 Å². The van der Waals surface area contributed by atoms with Crippen LogP contribution in [0.3, 0.4) is 0 Å². The summed E-state index contributed by atoms with van der Waals surface area (Å²) in [4.78, 5) is 26.9. The lowest BCUT2D eigenvalue weighted by molar-refractivity contribution is -0.149. The van der Waals surface area contributed by atoms with Crippen LogP contribution < -0.4 is 4.74 Å². The number of benzene rings is 2. The fourth-order valence-electron chi connectivity index (χ4n) is 3.97. The number of nitrogens with zero attached hydrogens (tertiary/aromatic N) is 1. The van der Waals surface area contributed by atoms with Gasteiger partial charge in [0.2, 0.25) is 0 Å². The van der Waals surface area contributed by atoms with Crippen molar-refractivity contribution in [1.29, 1.82) is 0 Å². The van der Waals surface area contributed by atoms with Gasteiger partial charge < -0.3 is 14.4 Å². The minimum Gasteiger partial charge on any atom is -0.483 e. The van der Waals surface area contributed by atoms with Crippen molar-refractivity contribution in [3.63, 3.8) is 0 Å². The van der Waals surface area contributed by atoms with Crippen LogP contribution in [0.25, 0.3) is 0 Å². The Balaban J connectivity index is 1.69. The second-order valence-corrected chi connectivity index (χ2v) is 7.08. The monoisotopic (exact) mass is 423 g/mol. The van der Waals surface area contributed by atoms with Crippen molar-refractivity contribution in [2.45, 2.75) is 25.2 Å². The molecule has 0 spiro atoms. The molecular weight excluding hydrogens is 406 g/mol. The van der Waals surface area contributed by atoms with Crippen LogP contribution in [-0.4, -0.2) is 36.0 Å². The Bertz CT molecular complexity index is 989. The quantitative estimate of drug-likeness (QED) is 0.554. The van der Waals surface area contributed by atoms with E-state index in [1.807, 2.05) is 0 Å². The normalized spacial score (nSPS) is 22.3. The van der Waals surface area contributed by atoms with Gasteiger partial charge in [0.1, 0.15) is 12.0 Å².